The Balaban J connectivity index is 2.63. The van der Waals surface area contributed by atoms with Crippen molar-refractivity contribution in [2.24, 2.45) is 0 Å². The van der Waals surface area contributed by atoms with Gasteiger partial charge in [0.2, 0.25) is 0 Å². The fourth-order valence-corrected chi connectivity index (χ4v) is 1.12. The number of nitrogens with one attached hydrogen (secondary N) is 1. The maximum absolute atomic E-state index is 10.5. The molecule has 1 fully saturated rings. The molecule has 1 aliphatic rings. The molecule has 0 aromatic rings. The summed E-state index contributed by atoms with van der Waals surface area (Å²) in [5.74, 6) is -0.899. The summed E-state index contributed by atoms with van der Waals surface area (Å²) in [7, 11) is 0. The smallest absolute Gasteiger partial charge is 0.323 e. The van der Waals surface area contributed by atoms with E-state index in [9.17, 15) is 4.79 Å². The van der Waals surface area contributed by atoms with Crippen molar-refractivity contribution < 1.29 is 15.0 Å². The Labute approximate surface area is 58.9 Å². The van der Waals surface area contributed by atoms with Crippen molar-refractivity contribution in [2.45, 2.75) is 25.0 Å². The highest BCUT2D eigenvalue weighted by Crippen LogP contribution is 2.18. The van der Waals surface area contributed by atoms with E-state index in [4.69, 9.17) is 10.2 Å². The topological polar surface area (TPSA) is 69.6 Å². The highest BCUT2D eigenvalue weighted by atomic mass is 16.4. The minimum Gasteiger partial charge on any atom is -0.480 e. The Morgan fingerprint density at radius 1 is 1.80 bits per heavy atom. The third kappa shape index (κ3) is 1.12. The average Bonchev–Trinajstić information content (AvgIpc) is 2.13. The molecule has 2 atom stereocenters. The fourth-order valence-electron chi connectivity index (χ4n) is 1.12. The summed E-state index contributed by atoms with van der Waals surface area (Å²) >= 11 is 0. The van der Waals surface area contributed by atoms with E-state index < -0.39 is 17.6 Å². The molecule has 3 N–H and O–H groups in total. The van der Waals surface area contributed by atoms with Crippen LogP contribution in [0.3, 0.4) is 0 Å². The Morgan fingerprint density at radius 3 is 2.60 bits per heavy atom. The van der Waals surface area contributed by atoms with Crippen molar-refractivity contribution in [3.8, 4) is 0 Å². The fraction of sp³-hybridized carbons (Fsp3) is 0.833. The summed E-state index contributed by atoms with van der Waals surface area (Å²) in [4.78, 5) is 10.5. The summed E-state index contributed by atoms with van der Waals surface area (Å²) in [6, 6.07) is 0. The second kappa shape index (κ2) is 2.21. The van der Waals surface area contributed by atoms with Gasteiger partial charge in [0.15, 0.2) is 0 Å². The highest BCUT2D eigenvalue weighted by molar-refractivity contribution is 5.78. The number of β-amino-alcohol motifs (C(OH)–C–C–N with tert-alkyl or cyclic N) is 1. The number of rotatable bonds is 1. The maximum atomic E-state index is 10.5. The molecule has 1 heterocycles. The lowest BCUT2D eigenvalue weighted by atomic mass is 10.0. The summed E-state index contributed by atoms with van der Waals surface area (Å²) in [5, 5.41) is 20.3. The molecule has 1 unspecified atom stereocenters. The number of aliphatic hydroxyl groups is 1. The number of carboxylic acid groups (broad SMARTS) is 1. The van der Waals surface area contributed by atoms with Crippen molar-refractivity contribution in [1.29, 1.82) is 0 Å². The molecule has 10 heavy (non-hydrogen) atoms. The van der Waals surface area contributed by atoms with Gasteiger partial charge in [0.05, 0.1) is 6.10 Å². The van der Waals surface area contributed by atoms with Crippen molar-refractivity contribution in [3.05, 3.63) is 0 Å². The van der Waals surface area contributed by atoms with Gasteiger partial charge in [-0.3, -0.25) is 10.1 Å². The second-order valence-corrected chi connectivity index (χ2v) is 2.88. The number of hydrogen-bond donors (Lipinski definition) is 3. The number of carboxylic acids is 1. The van der Waals surface area contributed by atoms with Gasteiger partial charge in [-0.15, -0.1) is 0 Å². The molecule has 1 rings (SSSR count). The van der Waals surface area contributed by atoms with Crippen LogP contribution in [0, 0.1) is 0 Å². The van der Waals surface area contributed by atoms with E-state index in [0.717, 1.165) is 0 Å². The van der Waals surface area contributed by atoms with Crippen molar-refractivity contribution in [3.63, 3.8) is 0 Å². The molecular weight excluding hydrogens is 134 g/mol. The van der Waals surface area contributed by atoms with Gasteiger partial charge in [-0.25, -0.2) is 0 Å². The van der Waals surface area contributed by atoms with E-state index in [1.54, 1.807) is 6.92 Å². The van der Waals surface area contributed by atoms with E-state index in [0.29, 0.717) is 13.0 Å². The summed E-state index contributed by atoms with van der Waals surface area (Å²) in [6.07, 6.45) is -0.219. The number of carbonyl (C=O) groups is 1. The molecule has 0 aliphatic carbocycles. The minimum atomic E-state index is -0.917. The van der Waals surface area contributed by atoms with Crippen LogP contribution >= 0.6 is 0 Å². The molecule has 0 radical (unpaired) electrons. The highest BCUT2D eigenvalue weighted by Gasteiger charge is 2.40. The lowest BCUT2D eigenvalue weighted by Gasteiger charge is -2.16. The average molecular weight is 145 g/mol. The molecule has 4 heteroatoms. The number of aliphatic carboxylic acids is 1. The molecule has 1 aliphatic heterocycles. The van der Waals surface area contributed by atoms with Gasteiger partial charge in [-0.1, -0.05) is 0 Å². The van der Waals surface area contributed by atoms with Crippen LogP contribution in [0.1, 0.15) is 13.3 Å². The van der Waals surface area contributed by atoms with Crippen LogP contribution in [-0.2, 0) is 4.79 Å². The third-order valence-electron chi connectivity index (χ3n) is 1.84. The molecule has 0 saturated carbocycles. The molecule has 4 nitrogen and oxygen atoms in total. The first-order valence-electron chi connectivity index (χ1n) is 3.21. The van der Waals surface area contributed by atoms with E-state index in [-0.39, 0.29) is 0 Å². The van der Waals surface area contributed by atoms with Crippen molar-refractivity contribution in [1.82, 2.24) is 5.32 Å². The number of hydrogen-bond acceptors (Lipinski definition) is 3. The van der Waals surface area contributed by atoms with Crippen LogP contribution in [0.5, 0.6) is 0 Å². The van der Waals surface area contributed by atoms with Gasteiger partial charge in [0, 0.05) is 13.0 Å². The van der Waals surface area contributed by atoms with Gasteiger partial charge in [0.25, 0.3) is 0 Å². The SMILES string of the molecule is C[C@@]1(C(=O)O)CC(O)CN1. The molecular formula is C6H11NO3. The summed E-state index contributed by atoms with van der Waals surface area (Å²) in [5.41, 5.74) is -0.917. The zero-order valence-electron chi connectivity index (χ0n) is 5.79. The molecule has 0 spiro atoms. The first-order chi connectivity index (χ1) is 4.54. The normalized spacial score (nSPS) is 40.0. The standard InChI is InChI=1S/C6H11NO3/c1-6(5(9)10)2-4(8)3-7-6/h4,7-8H,2-3H2,1H3,(H,9,10)/t4?,6-/m0/s1. The minimum absolute atomic E-state index is 0.294. The zero-order chi connectivity index (χ0) is 7.78. The second-order valence-electron chi connectivity index (χ2n) is 2.88. The molecule has 0 bridgehead atoms. The Hall–Kier alpha value is -0.610. The number of aliphatic hydroxyl groups excluding tert-OH is 1. The Bertz CT molecular complexity index is 159. The zero-order valence-corrected chi connectivity index (χ0v) is 5.79. The largest absolute Gasteiger partial charge is 0.480 e. The van der Waals surface area contributed by atoms with Crippen LogP contribution in [0.25, 0.3) is 0 Å². The van der Waals surface area contributed by atoms with Gasteiger partial charge in [0.1, 0.15) is 5.54 Å². The van der Waals surface area contributed by atoms with E-state index in [1.165, 1.54) is 0 Å². The molecule has 0 aromatic heterocycles. The van der Waals surface area contributed by atoms with Gasteiger partial charge in [-0.05, 0) is 6.92 Å². The third-order valence-corrected chi connectivity index (χ3v) is 1.84. The summed E-state index contributed by atoms with van der Waals surface area (Å²) < 4.78 is 0. The van der Waals surface area contributed by atoms with Crippen LogP contribution in [0.4, 0.5) is 0 Å². The molecule has 58 valence electrons. The first-order valence-corrected chi connectivity index (χ1v) is 3.21. The van der Waals surface area contributed by atoms with Gasteiger partial charge in [-0.2, -0.15) is 0 Å². The van der Waals surface area contributed by atoms with E-state index in [2.05, 4.69) is 5.32 Å². The monoisotopic (exact) mass is 145 g/mol. The van der Waals surface area contributed by atoms with Gasteiger partial charge >= 0.3 is 5.97 Å². The first kappa shape index (κ1) is 7.50. The Morgan fingerprint density at radius 2 is 2.40 bits per heavy atom. The molecule has 1 saturated heterocycles. The quantitative estimate of drug-likeness (QED) is 0.451. The van der Waals surface area contributed by atoms with Crippen LogP contribution < -0.4 is 5.32 Å². The predicted octanol–water partition coefficient (Wildman–Crippen LogP) is -0.816. The van der Waals surface area contributed by atoms with Crippen LogP contribution in [0.15, 0.2) is 0 Å². The Kier molecular flexibility index (Phi) is 1.66. The van der Waals surface area contributed by atoms with Crippen LogP contribution in [-0.4, -0.2) is 34.4 Å². The van der Waals surface area contributed by atoms with Gasteiger partial charge < -0.3 is 10.2 Å². The van der Waals surface area contributed by atoms with E-state index in [1.807, 2.05) is 0 Å². The predicted molar refractivity (Wildman–Crippen MR) is 34.7 cm³/mol. The summed E-state index contributed by atoms with van der Waals surface area (Å²) in [6.45, 7) is 1.95. The lowest BCUT2D eigenvalue weighted by Crippen LogP contribution is -2.44. The van der Waals surface area contributed by atoms with Crippen molar-refractivity contribution >= 4 is 5.97 Å². The van der Waals surface area contributed by atoms with E-state index >= 15 is 0 Å². The maximum Gasteiger partial charge on any atom is 0.323 e. The lowest BCUT2D eigenvalue weighted by molar-refractivity contribution is -0.143. The van der Waals surface area contributed by atoms with Crippen LogP contribution in [0.2, 0.25) is 0 Å². The molecule has 0 aromatic carbocycles. The van der Waals surface area contributed by atoms with Crippen molar-refractivity contribution in [2.75, 3.05) is 6.54 Å². The molecule has 0 amide bonds.